The van der Waals surface area contributed by atoms with Crippen LogP contribution in [-0.4, -0.2) is 59.7 Å². The summed E-state index contributed by atoms with van der Waals surface area (Å²) >= 11 is 0. The maximum absolute atomic E-state index is 12.6. The van der Waals surface area contributed by atoms with Crippen LogP contribution < -0.4 is 11.1 Å². The highest BCUT2D eigenvalue weighted by molar-refractivity contribution is 7.89. The molecular weight excluding hydrogens is 384 g/mol. The molecule has 0 saturated carbocycles. The van der Waals surface area contributed by atoms with Gasteiger partial charge in [0.1, 0.15) is 0 Å². The Kier molecular flexibility index (Phi) is 5.53. The van der Waals surface area contributed by atoms with Crippen LogP contribution in [0.5, 0.6) is 0 Å². The second-order valence-electron chi connectivity index (χ2n) is 7.37. The number of nitrogens with zero attached hydrogens (tertiary/aromatic N) is 3. The average Bonchev–Trinajstić information content (AvgIpc) is 2.94. The van der Waals surface area contributed by atoms with Crippen LogP contribution in [0.1, 0.15) is 26.7 Å². The Hall–Kier alpha value is -2.33. The molecule has 28 heavy (non-hydrogen) atoms. The first kappa shape index (κ1) is 20.4. The molecule has 0 radical (unpaired) electrons. The van der Waals surface area contributed by atoms with Crippen LogP contribution in [0.2, 0.25) is 0 Å². The van der Waals surface area contributed by atoms with Gasteiger partial charge in [-0.15, -0.1) is 0 Å². The predicted octanol–water partition coefficient (Wildman–Crippen LogP) is 1.80. The van der Waals surface area contributed by atoms with Gasteiger partial charge < -0.3 is 14.6 Å². The first-order valence-corrected chi connectivity index (χ1v) is 10.7. The lowest BCUT2D eigenvalue weighted by molar-refractivity contribution is 0.173. The quantitative estimate of drug-likeness (QED) is 0.827. The highest BCUT2D eigenvalue weighted by Crippen LogP contribution is 2.22. The Bertz CT molecular complexity index is 1030. The molecule has 2 aromatic rings. The van der Waals surface area contributed by atoms with Gasteiger partial charge in [-0.2, -0.15) is 0 Å². The zero-order valence-corrected chi connectivity index (χ0v) is 17.3. The fourth-order valence-electron chi connectivity index (χ4n) is 3.37. The Labute approximate surface area is 163 Å². The Morgan fingerprint density at radius 1 is 1.29 bits per heavy atom. The van der Waals surface area contributed by atoms with Crippen molar-refractivity contribution in [1.29, 1.82) is 0 Å². The number of rotatable bonds is 4. The second kappa shape index (κ2) is 7.59. The number of hydrogen-bond donors (Lipinski definition) is 1. The topological polar surface area (TPSA) is 105 Å². The first-order chi connectivity index (χ1) is 13.1. The van der Waals surface area contributed by atoms with E-state index in [0.29, 0.717) is 42.7 Å². The number of sulfonamides is 1. The molecule has 0 bridgehead atoms. The van der Waals surface area contributed by atoms with Crippen molar-refractivity contribution < 1.29 is 17.6 Å². The average molecular weight is 410 g/mol. The molecule has 2 heterocycles. The molecule has 1 N–H and O–H groups in total. The molecule has 0 aliphatic carbocycles. The number of benzene rings is 1. The van der Waals surface area contributed by atoms with Crippen molar-refractivity contribution in [3.63, 3.8) is 0 Å². The Morgan fingerprint density at radius 3 is 2.54 bits per heavy atom. The van der Waals surface area contributed by atoms with E-state index in [9.17, 15) is 18.0 Å². The zero-order valence-electron chi connectivity index (χ0n) is 16.5. The number of hydrogen-bond acceptors (Lipinski definition) is 5. The van der Waals surface area contributed by atoms with Gasteiger partial charge in [0.15, 0.2) is 5.58 Å². The number of oxazole rings is 1. The number of fused-ring (bicyclic) bond motifs is 1. The van der Waals surface area contributed by atoms with Crippen molar-refractivity contribution in [2.24, 2.45) is 7.05 Å². The maximum Gasteiger partial charge on any atom is 0.419 e. The van der Waals surface area contributed by atoms with E-state index in [1.165, 1.54) is 8.87 Å². The van der Waals surface area contributed by atoms with Gasteiger partial charge in [-0.1, -0.05) is 0 Å². The summed E-state index contributed by atoms with van der Waals surface area (Å²) in [4.78, 5) is 25.8. The van der Waals surface area contributed by atoms with E-state index in [4.69, 9.17) is 4.42 Å². The van der Waals surface area contributed by atoms with Crippen molar-refractivity contribution in [1.82, 2.24) is 13.8 Å². The largest absolute Gasteiger partial charge is 0.419 e. The normalized spacial score (nSPS) is 16.6. The van der Waals surface area contributed by atoms with Crippen LogP contribution in [0.3, 0.4) is 0 Å². The summed E-state index contributed by atoms with van der Waals surface area (Å²) in [6.45, 7) is 4.16. The number of aryl methyl sites for hydroxylation is 1. The van der Waals surface area contributed by atoms with E-state index in [0.717, 1.165) is 0 Å². The molecule has 10 heteroatoms. The van der Waals surface area contributed by atoms with Crippen molar-refractivity contribution in [2.45, 2.75) is 38.0 Å². The minimum atomic E-state index is -3.26. The van der Waals surface area contributed by atoms with Crippen LogP contribution >= 0.6 is 0 Å². The molecule has 1 aliphatic rings. The van der Waals surface area contributed by atoms with Crippen LogP contribution in [0.25, 0.3) is 11.1 Å². The Morgan fingerprint density at radius 2 is 1.93 bits per heavy atom. The molecule has 1 aromatic heterocycles. The SMILES string of the molecule is CC(C)S(=O)(=O)N1CCC(N(C)C(=O)Nc2ccc3c(c2)oc(=O)n3C)CC1. The fourth-order valence-corrected chi connectivity index (χ4v) is 4.69. The van der Waals surface area contributed by atoms with Crippen LogP contribution in [-0.2, 0) is 17.1 Å². The van der Waals surface area contributed by atoms with Gasteiger partial charge in [0.2, 0.25) is 10.0 Å². The lowest BCUT2D eigenvalue weighted by Gasteiger charge is -2.36. The lowest BCUT2D eigenvalue weighted by atomic mass is 10.1. The van der Waals surface area contributed by atoms with Gasteiger partial charge in [0.25, 0.3) is 0 Å². The molecule has 1 aromatic carbocycles. The number of carbonyl (C=O) groups is 1. The third-order valence-electron chi connectivity index (χ3n) is 5.29. The Balaban J connectivity index is 1.63. The van der Waals surface area contributed by atoms with Crippen molar-refractivity contribution >= 4 is 32.8 Å². The van der Waals surface area contributed by atoms with E-state index in [1.807, 2.05) is 0 Å². The molecular formula is C18H26N4O5S. The number of nitrogens with one attached hydrogen (secondary N) is 1. The van der Waals surface area contributed by atoms with Crippen molar-refractivity contribution in [3.05, 3.63) is 28.7 Å². The summed E-state index contributed by atoms with van der Waals surface area (Å²) in [5.74, 6) is -0.460. The summed E-state index contributed by atoms with van der Waals surface area (Å²) < 4.78 is 32.6. The van der Waals surface area contributed by atoms with Crippen LogP contribution in [0, 0.1) is 0 Å². The predicted molar refractivity (Wildman–Crippen MR) is 107 cm³/mol. The number of anilines is 1. The standard InChI is InChI=1S/C18H26N4O5S/c1-12(2)28(25,26)22-9-7-14(8-10-22)20(3)17(23)19-13-5-6-15-16(11-13)27-18(24)21(15)4/h5-6,11-12,14H,7-10H2,1-4H3,(H,19,23). The number of urea groups is 1. The van der Waals surface area contributed by atoms with Crippen LogP contribution in [0.15, 0.2) is 27.4 Å². The molecule has 154 valence electrons. The van der Waals surface area contributed by atoms with Gasteiger partial charge in [0.05, 0.1) is 10.8 Å². The minimum absolute atomic E-state index is 0.0444. The van der Waals surface area contributed by atoms with Gasteiger partial charge in [-0.05, 0) is 38.8 Å². The van der Waals surface area contributed by atoms with E-state index in [1.54, 1.807) is 51.0 Å². The van der Waals surface area contributed by atoms with Gasteiger partial charge >= 0.3 is 11.8 Å². The third-order valence-corrected chi connectivity index (χ3v) is 7.57. The number of carbonyl (C=O) groups excluding carboxylic acids is 1. The summed E-state index contributed by atoms with van der Waals surface area (Å²) in [5, 5.41) is 2.36. The molecule has 1 saturated heterocycles. The van der Waals surface area contributed by atoms with Gasteiger partial charge in [-0.3, -0.25) is 4.57 Å². The highest BCUT2D eigenvalue weighted by atomic mass is 32.2. The van der Waals surface area contributed by atoms with E-state index in [-0.39, 0.29) is 12.1 Å². The van der Waals surface area contributed by atoms with Crippen molar-refractivity contribution in [2.75, 3.05) is 25.5 Å². The molecule has 0 spiro atoms. The summed E-state index contributed by atoms with van der Waals surface area (Å²) in [6.07, 6.45) is 1.17. The minimum Gasteiger partial charge on any atom is -0.408 e. The number of aromatic nitrogens is 1. The summed E-state index contributed by atoms with van der Waals surface area (Å²) in [6, 6.07) is 4.70. The second-order valence-corrected chi connectivity index (χ2v) is 9.86. The highest BCUT2D eigenvalue weighted by Gasteiger charge is 2.32. The summed E-state index contributed by atoms with van der Waals surface area (Å²) in [5.41, 5.74) is 1.58. The fraction of sp³-hybridized carbons (Fsp3) is 0.556. The first-order valence-electron chi connectivity index (χ1n) is 9.23. The van der Waals surface area contributed by atoms with Gasteiger partial charge in [0, 0.05) is 45.0 Å². The molecule has 2 amide bonds. The number of piperidine rings is 1. The molecule has 1 fully saturated rings. The smallest absolute Gasteiger partial charge is 0.408 e. The third kappa shape index (κ3) is 3.79. The van der Waals surface area contributed by atoms with Gasteiger partial charge in [-0.25, -0.2) is 22.3 Å². The van der Waals surface area contributed by atoms with E-state index >= 15 is 0 Å². The van der Waals surface area contributed by atoms with Crippen LogP contribution in [0.4, 0.5) is 10.5 Å². The molecule has 0 atom stereocenters. The molecule has 3 rings (SSSR count). The molecule has 9 nitrogen and oxygen atoms in total. The maximum atomic E-state index is 12.6. The zero-order chi connectivity index (χ0) is 20.6. The van der Waals surface area contributed by atoms with Crippen molar-refractivity contribution in [3.8, 4) is 0 Å². The van der Waals surface area contributed by atoms with E-state index in [2.05, 4.69) is 5.32 Å². The van der Waals surface area contributed by atoms with E-state index < -0.39 is 21.0 Å². The number of amides is 2. The molecule has 1 aliphatic heterocycles. The summed E-state index contributed by atoms with van der Waals surface area (Å²) in [7, 11) is 0.0554. The lowest BCUT2D eigenvalue weighted by Crippen LogP contribution is -2.49. The monoisotopic (exact) mass is 410 g/mol. The molecule has 0 unspecified atom stereocenters.